The van der Waals surface area contributed by atoms with Gasteiger partial charge >= 0.3 is 0 Å². The van der Waals surface area contributed by atoms with Gasteiger partial charge in [-0.3, -0.25) is 0 Å². The van der Waals surface area contributed by atoms with Crippen LogP contribution in [0.4, 0.5) is 5.69 Å². The first-order chi connectivity index (χ1) is 11.9. The first-order valence-corrected chi connectivity index (χ1v) is 10.7. The Morgan fingerprint density at radius 3 is 1.60 bits per heavy atom. The minimum Gasteiger partial charge on any atom is -1.00 e. The lowest BCUT2D eigenvalue weighted by Gasteiger charge is -2.41. The van der Waals surface area contributed by atoms with Gasteiger partial charge in [-0.15, -0.1) is 0 Å². The zero-order chi connectivity index (χ0) is 16.2. The number of halogens is 1. The van der Waals surface area contributed by atoms with E-state index < -0.39 is 7.41 Å². The topological polar surface area (TPSA) is 3.24 Å². The van der Waals surface area contributed by atoms with Crippen molar-refractivity contribution in [2.75, 3.05) is 17.4 Å². The van der Waals surface area contributed by atoms with Gasteiger partial charge in [0.15, 0.2) is 7.41 Å². The number of hydrogen-bond donors (Lipinski definition) is 0. The summed E-state index contributed by atoms with van der Waals surface area (Å²) in [4.78, 5) is 0. The van der Waals surface area contributed by atoms with Crippen molar-refractivity contribution < 1.29 is 12.4 Å². The molecule has 0 aromatic heterocycles. The summed E-state index contributed by atoms with van der Waals surface area (Å²) in [5, 5.41) is 3.00. The molecule has 1 saturated heterocycles. The highest BCUT2D eigenvalue weighted by Crippen LogP contribution is 2.63. The van der Waals surface area contributed by atoms with Gasteiger partial charge in [-0.2, -0.15) is 0 Å². The van der Waals surface area contributed by atoms with E-state index in [2.05, 4.69) is 95.7 Å². The first-order valence-electron chi connectivity index (χ1n) is 8.74. The van der Waals surface area contributed by atoms with Gasteiger partial charge in [0.05, 0.1) is 18.4 Å². The molecule has 0 spiro atoms. The van der Waals surface area contributed by atoms with Crippen LogP contribution in [0.3, 0.4) is 0 Å². The normalized spacial score (nSPS) is 16.1. The van der Waals surface area contributed by atoms with Crippen molar-refractivity contribution in [1.82, 2.24) is 0 Å². The van der Waals surface area contributed by atoms with Crippen molar-refractivity contribution in [3.8, 4) is 0 Å². The molecule has 1 nitrogen and oxygen atoms in total. The van der Waals surface area contributed by atoms with Crippen LogP contribution in [-0.4, -0.2) is 12.7 Å². The number of para-hydroxylation sites is 1. The molecule has 1 heterocycles. The Labute approximate surface area is 157 Å². The molecule has 0 aliphatic carbocycles. The highest BCUT2D eigenvalue weighted by molar-refractivity contribution is 7.90. The van der Waals surface area contributed by atoms with Gasteiger partial charge < -0.3 is 12.4 Å². The number of benzene rings is 3. The van der Waals surface area contributed by atoms with E-state index in [1.165, 1.54) is 35.3 Å². The van der Waals surface area contributed by atoms with Crippen LogP contribution < -0.4 is 27.7 Å². The highest BCUT2D eigenvalue weighted by Gasteiger charge is 2.50. The van der Waals surface area contributed by atoms with E-state index in [1.807, 2.05) is 0 Å². The maximum Gasteiger partial charge on any atom is 0.169 e. The van der Waals surface area contributed by atoms with Crippen molar-refractivity contribution in [3.05, 3.63) is 91.0 Å². The molecule has 3 aromatic rings. The van der Waals surface area contributed by atoms with Crippen LogP contribution in [-0.2, 0) is 0 Å². The molecule has 25 heavy (non-hydrogen) atoms. The third-order valence-electron chi connectivity index (χ3n) is 4.93. The van der Waals surface area contributed by atoms with Gasteiger partial charge in [0.2, 0.25) is 0 Å². The molecule has 1 fully saturated rings. The monoisotopic (exact) mass is 367 g/mol. The lowest BCUT2D eigenvalue weighted by Crippen LogP contribution is -3.00. The molecule has 4 rings (SSSR count). The van der Waals surface area contributed by atoms with Crippen molar-refractivity contribution in [3.63, 3.8) is 0 Å². The first kappa shape index (κ1) is 18.0. The Morgan fingerprint density at radius 2 is 1.08 bits per heavy atom. The maximum atomic E-state index is 2.72. The zero-order valence-electron chi connectivity index (χ0n) is 14.3. The third kappa shape index (κ3) is 3.32. The van der Waals surface area contributed by atoms with Crippen LogP contribution in [0, 0.1) is 0 Å². The predicted octanol–water partition coefficient (Wildman–Crippen LogP) is 1.87. The Kier molecular flexibility index (Phi) is 5.78. The lowest BCUT2D eigenvalue weighted by molar-refractivity contribution is -0.00000466. The summed E-state index contributed by atoms with van der Waals surface area (Å²) in [6.45, 7) is 1.14. The highest BCUT2D eigenvalue weighted by atomic mass is 35.5. The fourth-order valence-corrected chi connectivity index (χ4v) is 8.49. The lowest BCUT2D eigenvalue weighted by atomic mass is 10.3. The quantitative estimate of drug-likeness (QED) is 0.639. The van der Waals surface area contributed by atoms with Gasteiger partial charge in [0.1, 0.15) is 10.6 Å². The summed E-state index contributed by atoms with van der Waals surface area (Å²) in [6.07, 6.45) is 3.84. The summed E-state index contributed by atoms with van der Waals surface area (Å²) in [6, 6.07) is 33.3. The molecule has 3 aromatic carbocycles. The number of rotatable bonds is 3. The Balaban J connectivity index is 0.00000182. The second kappa shape index (κ2) is 8.04. The molecule has 3 heteroatoms. The maximum absolute atomic E-state index is 2.72. The van der Waals surface area contributed by atoms with Crippen LogP contribution in [0.5, 0.6) is 0 Å². The Hall–Kier alpha value is -1.82. The van der Waals surface area contributed by atoms with Gasteiger partial charge in [0.25, 0.3) is 0 Å². The molecule has 0 atom stereocenters. The molecule has 0 saturated carbocycles. The van der Waals surface area contributed by atoms with Crippen LogP contribution >= 0.6 is 7.41 Å². The van der Waals surface area contributed by atoms with Crippen molar-refractivity contribution in [2.45, 2.75) is 12.8 Å². The fraction of sp³-hybridized carbons (Fsp3) is 0.182. The van der Waals surface area contributed by atoms with Crippen LogP contribution in [0.25, 0.3) is 0 Å². The van der Waals surface area contributed by atoms with Gasteiger partial charge in [-0.1, -0.05) is 54.6 Å². The summed E-state index contributed by atoms with van der Waals surface area (Å²) in [5.41, 5.74) is 1.36. The van der Waals surface area contributed by atoms with E-state index in [-0.39, 0.29) is 12.4 Å². The van der Waals surface area contributed by atoms with E-state index in [1.54, 1.807) is 0 Å². The average molecular weight is 368 g/mol. The minimum absolute atomic E-state index is 0. The molecule has 0 unspecified atom stereocenters. The minimum atomic E-state index is -1.59. The van der Waals surface area contributed by atoms with Crippen molar-refractivity contribution in [1.29, 1.82) is 0 Å². The average Bonchev–Trinajstić information content (AvgIpc) is 2.70. The molecule has 128 valence electrons. The van der Waals surface area contributed by atoms with E-state index in [0.717, 1.165) is 6.54 Å². The number of anilines is 1. The second-order valence-corrected chi connectivity index (χ2v) is 9.83. The molecular formula is C22H23ClNP. The fourth-order valence-electron chi connectivity index (χ4n) is 3.86. The van der Waals surface area contributed by atoms with E-state index >= 15 is 0 Å². The Morgan fingerprint density at radius 1 is 0.600 bits per heavy atom. The SMILES string of the molecule is [Cl-].c1ccc(N2CCCC[P+]2(c2ccccc2)c2ccccc2)cc1. The summed E-state index contributed by atoms with van der Waals surface area (Å²) in [5.74, 6) is 0. The van der Waals surface area contributed by atoms with Gasteiger partial charge in [-0.05, 0) is 49.2 Å². The standard InChI is InChI=1S/C22H23NP.ClH/c1-4-12-20(13-5-1)23-18-10-11-19-24(23,21-14-6-2-7-15-21)22-16-8-3-9-17-22;/h1-9,12-17H,10-11,18-19H2;1H/q+1;/p-1. The summed E-state index contributed by atoms with van der Waals surface area (Å²) < 4.78 is 2.72. The van der Waals surface area contributed by atoms with Crippen LogP contribution in [0.1, 0.15) is 12.8 Å². The molecule has 0 bridgehead atoms. The van der Waals surface area contributed by atoms with Crippen molar-refractivity contribution >= 4 is 23.7 Å². The molecule has 0 N–H and O–H groups in total. The zero-order valence-corrected chi connectivity index (χ0v) is 15.9. The van der Waals surface area contributed by atoms with Crippen molar-refractivity contribution in [2.24, 2.45) is 0 Å². The Bertz CT molecular complexity index is 737. The largest absolute Gasteiger partial charge is 1.00 e. The number of nitrogens with zero attached hydrogens (tertiary/aromatic N) is 1. The van der Waals surface area contributed by atoms with E-state index in [9.17, 15) is 0 Å². The molecule has 0 radical (unpaired) electrons. The summed E-state index contributed by atoms with van der Waals surface area (Å²) in [7, 11) is -1.59. The van der Waals surface area contributed by atoms with Gasteiger partial charge in [-0.25, -0.2) is 4.67 Å². The van der Waals surface area contributed by atoms with Gasteiger partial charge in [0, 0.05) is 0 Å². The summed E-state index contributed by atoms with van der Waals surface area (Å²) >= 11 is 0. The van der Waals surface area contributed by atoms with Crippen LogP contribution in [0.2, 0.25) is 0 Å². The molecular weight excluding hydrogens is 345 g/mol. The molecule has 1 aliphatic heterocycles. The van der Waals surface area contributed by atoms with Crippen LogP contribution in [0.15, 0.2) is 91.0 Å². The molecule has 1 aliphatic rings. The van der Waals surface area contributed by atoms with E-state index in [0.29, 0.717) is 0 Å². The molecule has 0 amide bonds. The second-order valence-electron chi connectivity index (χ2n) is 6.33. The number of hydrogen-bond acceptors (Lipinski definition) is 1. The predicted molar refractivity (Wildman–Crippen MR) is 107 cm³/mol. The van der Waals surface area contributed by atoms with E-state index in [4.69, 9.17) is 0 Å². The third-order valence-corrected chi connectivity index (χ3v) is 9.46. The smallest absolute Gasteiger partial charge is 0.169 e.